The van der Waals surface area contributed by atoms with Gasteiger partial charge in [0, 0.05) is 31.7 Å². The number of ether oxygens (including phenoxy) is 1. The Kier molecular flexibility index (Phi) is 5.86. The fourth-order valence-electron chi connectivity index (χ4n) is 3.21. The first-order valence-electron chi connectivity index (χ1n) is 8.65. The zero-order valence-electron chi connectivity index (χ0n) is 15.4. The molecule has 0 unspecified atom stereocenters. The van der Waals surface area contributed by atoms with E-state index in [2.05, 4.69) is 6.07 Å². The van der Waals surface area contributed by atoms with Gasteiger partial charge in [-0.25, -0.2) is 4.79 Å². The molecule has 5 nitrogen and oxygen atoms in total. The standard InChI is InChI=1S/C19H28N2O3/c1-6-24-19(23)21-9-7-8-20(10-11-21)18(22)17-15(4)13(2)12-14(3)16(17)5/h12H,6-11H2,1-5H3. The van der Waals surface area contributed by atoms with Crippen LogP contribution in [0.5, 0.6) is 0 Å². The first-order chi connectivity index (χ1) is 11.4. The minimum Gasteiger partial charge on any atom is -0.450 e. The van der Waals surface area contributed by atoms with Crippen molar-refractivity contribution in [3.8, 4) is 0 Å². The van der Waals surface area contributed by atoms with E-state index in [1.165, 1.54) is 0 Å². The zero-order valence-corrected chi connectivity index (χ0v) is 15.4. The molecule has 0 aromatic heterocycles. The lowest BCUT2D eigenvalue weighted by Gasteiger charge is -2.24. The van der Waals surface area contributed by atoms with Crippen LogP contribution in [0.15, 0.2) is 6.07 Å². The third-order valence-corrected chi connectivity index (χ3v) is 4.89. The van der Waals surface area contributed by atoms with Crippen LogP contribution < -0.4 is 0 Å². The van der Waals surface area contributed by atoms with Crippen LogP contribution in [0.3, 0.4) is 0 Å². The summed E-state index contributed by atoms with van der Waals surface area (Å²) in [6.07, 6.45) is 0.485. The lowest BCUT2D eigenvalue weighted by atomic mass is 9.93. The summed E-state index contributed by atoms with van der Waals surface area (Å²) in [5.74, 6) is 0.0718. The molecule has 0 radical (unpaired) electrons. The maximum Gasteiger partial charge on any atom is 0.409 e. The summed E-state index contributed by atoms with van der Waals surface area (Å²) in [4.78, 5) is 28.5. The van der Waals surface area contributed by atoms with E-state index in [1.54, 1.807) is 11.8 Å². The van der Waals surface area contributed by atoms with Crippen LogP contribution in [-0.2, 0) is 4.74 Å². The Balaban J connectivity index is 2.18. The molecule has 0 N–H and O–H groups in total. The number of hydrogen-bond donors (Lipinski definition) is 0. The normalized spacial score (nSPS) is 15.2. The molecule has 1 aromatic rings. The third-order valence-electron chi connectivity index (χ3n) is 4.89. The highest BCUT2D eigenvalue weighted by molar-refractivity contribution is 5.97. The molecule has 132 valence electrons. The topological polar surface area (TPSA) is 49.9 Å². The van der Waals surface area contributed by atoms with E-state index < -0.39 is 0 Å². The number of carbonyl (C=O) groups is 2. The van der Waals surface area contributed by atoms with Crippen LogP contribution in [0, 0.1) is 27.7 Å². The van der Waals surface area contributed by atoms with Crippen LogP contribution in [0.2, 0.25) is 0 Å². The van der Waals surface area contributed by atoms with Gasteiger partial charge in [-0.3, -0.25) is 4.79 Å². The SMILES string of the molecule is CCOC(=O)N1CCCN(C(=O)c2c(C)c(C)cc(C)c2C)CC1. The number of carbonyl (C=O) groups excluding carboxylic acids is 2. The van der Waals surface area contributed by atoms with Crippen molar-refractivity contribution in [2.45, 2.75) is 41.0 Å². The molecular formula is C19H28N2O3. The second-order valence-corrected chi connectivity index (χ2v) is 6.47. The third kappa shape index (κ3) is 3.71. The predicted molar refractivity (Wildman–Crippen MR) is 94.5 cm³/mol. The molecule has 0 bridgehead atoms. The van der Waals surface area contributed by atoms with Crippen LogP contribution >= 0.6 is 0 Å². The fourth-order valence-corrected chi connectivity index (χ4v) is 3.21. The molecule has 1 heterocycles. The van der Waals surface area contributed by atoms with Crippen LogP contribution in [0.25, 0.3) is 0 Å². The Bertz CT molecular complexity index is 614. The zero-order chi connectivity index (χ0) is 17.9. The van der Waals surface area contributed by atoms with Crippen molar-refractivity contribution in [2.24, 2.45) is 0 Å². The van der Waals surface area contributed by atoms with Crippen molar-refractivity contribution < 1.29 is 14.3 Å². The van der Waals surface area contributed by atoms with Gasteiger partial charge >= 0.3 is 6.09 Å². The van der Waals surface area contributed by atoms with E-state index in [-0.39, 0.29) is 12.0 Å². The second kappa shape index (κ2) is 7.69. The molecule has 1 aliphatic heterocycles. The Morgan fingerprint density at radius 2 is 1.50 bits per heavy atom. The summed E-state index contributed by atoms with van der Waals surface area (Å²) in [5, 5.41) is 0. The quantitative estimate of drug-likeness (QED) is 0.835. The highest BCUT2D eigenvalue weighted by atomic mass is 16.6. The van der Waals surface area contributed by atoms with Crippen LogP contribution in [-0.4, -0.2) is 54.6 Å². The molecular weight excluding hydrogens is 304 g/mol. The molecule has 5 heteroatoms. The number of aryl methyl sites for hydroxylation is 2. The van der Waals surface area contributed by atoms with Gasteiger partial charge in [-0.05, 0) is 63.3 Å². The number of benzene rings is 1. The minimum absolute atomic E-state index is 0.0718. The molecule has 0 saturated carbocycles. The van der Waals surface area contributed by atoms with E-state index >= 15 is 0 Å². The maximum atomic E-state index is 13.1. The highest BCUT2D eigenvalue weighted by Gasteiger charge is 2.25. The van der Waals surface area contributed by atoms with Crippen molar-refractivity contribution in [3.05, 3.63) is 33.9 Å². The Morgan fingerprint density at radius 1 is 0.958 bits per heavy atom. The van der Waals surface area contributed by atoms with Crippen molar-refractivity contribution in [1.82, 2.24) is 9.80 Å². The molecule has 1 aromatic carbocycles. The van der Waals surface area contributed by atoms with Gasteiger partial charge in [0.25, 0.3) is 5.91 Å². The fraction of sp³-hybridized carbons (Fsp3) is 0.579. The lowest BCUT2D eigenvalue weighted by molar-refractivity contribution is 0.0752. The summed E-state index contributed by atoms with van der Waals surface area (Å²) < 4.78 is 5.07. The van der Waals surface area contributed by atoms with E-state index in [0.29, 0.717) is 32.8 Å². The maximum absolute atomic E-state index is 13.1. The van der Waals surface area contributed by atoms with Gasteiger partial charge in [0.15, 0.2) is 0 Å². The largest absolute Gasteiger partial charge is 0.450 e. The molecule has 1 aliphatic rings. The molecule has 2 amide bonds. The monoisotopic (exact) mass is 332 g/mol. The molecule has 0 spiro atoms. The first kappa shape index (κ1) is 18.3. The summed E-state index contributed by atoms with van der Waals surface area (Å²) in [5.41, 5.74) is 5.20. The summed E-state index contributed by atoms with van der Waals surface area (Å²) in [6.45, 7) is 12.7. The number of rotatable bonds is 2. The smallest absolute Gasteiger partial charge is 0.409 e. The van der Waals surface area contributed by atoms with Crippen LogP contribution in [0.4, 0.5) is 4.79 Å². The Hall–Kier alpha value is -2.04. The van der Waals surface area contributed by atoms with Crippen molar-refractivity contribution >= 4 is 12.0 Å². The van der Waals surface area contributed by atoms with Gasteiger partial charge in [0.2, 0.25) is 0 Å². The van der Waals surface area contributed by atoms with Gasteiger partial charge in [0.1, 0.15) is 0 Å². The minimum atomic E-state index is -0.287. The van der Waals surface area contributed by atoms with E-state index in [1.807, 2.05) is 32.6 Å². The molecule has 1 saturated heterocycles. The lowest BCUT2D eigenvalue weighted by Crippen LogP contribution is -2.38. The summed E-state index contributed by atoms with van der Waals surface area (Å²) in [6, 6.07) is 2.13. The summed E-state index contributed by atoms with van der Waals surface area (Å²) >= 11 is 0. The highest BCUT2D eigenvalue weighted by Crippen LogP contribution is 2.23. The molecule has 2 rings (SSSR count). The Labute approximate surface area is 144 Å². The Morgan fingerprint density at radius 3 is 2.08 bits per heavy atom. The van der Waals surface area contributed by atoms with E-state index in [0.717, 1.165) is 34.2 Å². The van der Waals surface area contributed by atoms with Crippen molar-refractivity contribution in [1.29, 1.82) is 0 Å². The van der Waals surface area contributed by atoms with Crippen molar-refractivity contribution in [2.75, 3.05) is 32.8 Å². The van der Waals surface area contributed by atoms with Crippen LogP contribution in [0.1, 0.15) is 46.0 Å². The number of hydrogen-bond acceptors (Lipinski definition) is 3. The number of amides is 2. The van der Waals surface area contributed by atoms with Gasteiger partial charge in [-0.15, -0.1) is 0 Å². The van der Waals surface area contributed by atoms with Crippen molar-refractivity contribution in [3.63, 3.8) is 0 Å². The van der Waals surface area contributed by atoms with Gasteiger partial charge < -0.3 is 14.5 Å². The molecule has 1 fully saturated rings. The van der Waals surface area contributed by atoms with E-state index in [4.69, 9.17) is 4.74 Å². The molecule has 0 atom stereocenters. The van der Waals surface area contributed by atoms with Gasteiger partial charge in [0.05, 0.1) is 6.61 Å². The average molecular weight is 332 g/mol. The van der Waals surface area contributed by atoms with E-state index in [9.17, 15) is 9.59 Å². The summed E-state index contributed by atoms with van der Waals surface area (Å²) in [7, 11) is 0. The first-order valence-corrected chi connectivity index (χ1v) is 8.65. The average Bonchev–Trinajstić information content (AvgIpc) is 2.79. The van der Waals surface area contributed by atoms with Gasteiger partial charge in [-0.1, -0.05) is 6.07 Å². The van der Waals surface area contributed by atoms with Gasteiger partial charge in [-0.2, -0.15) is 0 Å². The molecule has 24 heavy (non-hydrogen) atoms. The molecule has 0 aliphatic carbocycles. The second-order valence-electron chi connectivity index (χ2n) is 6.47. The predicted octanol–water partition coefficient (Wildman–Crippen LogP) is 3.22. The number of nitrogens with zero attached hydrogens (tertiary/aromatic N) is 2.